The molecule has 0 bridgehead atoms. The predicted octanol–water partition coefficient (Wildman–Crippen LogP) is 4.60. The SMILES string of the molecule is O=C(c1ccc(Cl)cc1)N1CCCC[C@@H](Sc2ncnc3ccccc23)C1=O. The van der Waals surface area contributed by atoms with E-state index in [1.54, 1.807) is 24.3 Å². The van der Waals surface area contributed by atoms with E-state index >= 15 is 0 Å². The monoisotopic (exact) mass is 411 g/mol. The molecule has 0 aliphatic carbocycles. The number of hydrogen-bond acceptors (Lipinski definition) is 5. The van der Waals surface area contributed by atoms with Crippen LogP contribution in [0.2, 0.25) is 5.02 Å². The maximum Gasteiger partial charge on any atom is 0.260 e. The molecule has 142 valence electrons. The molecule has 1 saturated heterocycles. The molecule has 2 heterocycles. The van der Waals surface area contributed by atoms with Gasteiger partial charge >= 0.3 is 0 Å². The molecule has 1 aliphatic rings. The van der Waals surface area contributed by atoms with E-state index < -0.39 is 0 Å². The summed E-state index contributed by atoms with van der Waals surface area (Å²) < 4.78 is 0. The van der Waals surface area contributed by atoms with Gasteiger partial charge in [-0.1, -0.05) is 48.0 Å². The molecular formula is C21H18ClN3O2S. The number of carbonyl (C=O) groups excluding carboxylic acids is 2. The number of imide groups is 1. The summed E-state index contributed by atoms with van der Waals surface area (Å²) in [5.41, 5.74) is 1.31. The van der Waals surface area contributed by atoms with Crippen LogP contribution in [-0.2, 0) is 4.79 Å². The molecule has 2 aromatic carbocycles. The second kappa shape index (κ2) is 8.29. The lowest BCUT2D eigenvalue weighted by atomic mass is 10.2. The third kappa shape index (κ3) is 3.88. The van der Waals surface area contributed by atoms with E-state index in [-0.39, 0.29) is 17.1 Å². The summed E-state index contributed by atoms with van der Waals surface area (Å²) in [5.74, 6) is -0.438. The van der Waals surface area contributed by atoms with Gasteiger partial charge < -0.3 is 0 Å². The van der Waals surface area contributed by atoms with Crippen LogP contribution >= 0.6 is 23.4 Å². The molecule has 0 spiro atoms. The van der Waals surface area contributed by atoms with Gasteiger partial charge in [0.2, 0.25) is 5.91 Å². The Morgan fingerprint density at radius 3 is 2.68 bits per heavy atom. The van der Waals surface area contributed by atoms with Crippen molar-refractivity contribution in [2.45, 2.75) is 29.5 Å². The molecule has 28 heavy (non-hydrogen) atoms. The van der Waals surface area contributed by atoms with Crippen LogP contribution in [-0.4, -0.2) is 38.5 Å². The number of hydrogen-bond donors (Lipinski definition) is 0. The number of fused-ring (bicyclic) bond motifs is 1. The van der Waals surface area contributed by atoms with Gasteiger partial charge in [-0.05, 0) is 43.2 Å². The number of carbonyl (C=O) groups is 2. The Labute approximate surface area is 172 Å². The summed E-state index contributed by atoms with van der Waals surface area (Å²) in [6, 6.07) is 14.4. The number of aromatic nitrogens is 2. The predicted molar refractivity (Wildman–Crippen MR) is 111 cm³/mol. The van der Waals surface area contributed by atoms with Crippen LogP contribution in [0.4, 0.5) is 0 Å². The average Bonchev–Trinajstić information content (AvgIpc) is 2.90. The number of para-hydroxylation sites is 1. The molecule has 1 aliphatic heterocycles. The third-order valence-electron chi connectivity index (χ3n) is 4.74. The van der Waals surface area contributed by atoms with Crippen molar-refractivity contribution in [2.24, 2.45) is 0 Å². The van der Waals surface area contributed by atoms with Crippen LogP contribution in [0.5, 0.6) is 0 Å². The number of halogens is 1. The normalized spacial score (nSPS) is 17.5. The number of rotatable bonds is 3. The first-order chi connectivity index (χ1) is 13.6. The molecule has 4 rings (SSSR count). The van der Waals surface area contributed by atoms with Crippen LogP contribution in [0, 0.1) is 0 Å². The minimum absolute atomic E-state index is 0.162. The molecule has 3 aromatic rings. The molecular weight excluding hydrogens is 394 g/mol. The van der Waals surface area contributed by atoms with Gasteiger partial charge in [-0.25, -0.2) is 9.97 Å². The Morgan fingerprint density at radius 2 is 1.86 bits per heavy atom. The van der Waals surface area contributed by atoms with Crippen molar-refractivity contribution in [1.82, 2.24) is 14.9 Å². The quantitative estimate of drug-likeness (QED) is 0.465. The second-order valence-corrected chi connectivity index (χ2v) is 8.23. The topological polar surface area (TPSA) is 63.2 Å². The van der Waals surface area contributed by atoms with Gasteiger partial charge in [-0.2, -0.15) is 0 Å². The molecule has 2 amide bonds. The van der Waals surface area contributed by atoms with Crippen molar-refractivity contribution >= 4 is 46.1 Å². The number of nitrogens with zero attached hydrogens (tertiary/aromatic N) is 3. The second-order valence-electron chi connectivity index (χ2n) is 6.60. The van der Waals surface area contributed by atoms with E-state index in [2.05, 4.69) is 9.97 Å². The summed E-state index contributed by atoms with van der Waals surface area (Å²) in [6.07, 6.45) is 3.91. The first-order valence-corrected chi connectivity index (χ1v) is 10.4. The van der Waals surface area contributed by atoms with E-state index in [9.17, 15) is 9.59 Å². The smallest absolute Gasteiger partial charge is 0.260 e. The first kappa shape index (κ1) is 18.9. The Bertz CT molecular complexity index is 1020. The van der Waals surface area contributed by atoms with Crippen molar-refractivity contribution in [3.63, 3.8) is 0 Å². The summed E-state index contributed by atoms with van der Waals surface area (Å²) in [5, 5.41) is 1.90. The zero-order chi connectivity index (χ0) is 19.5. The van der Waals surface area contributed by atoms with Crippen LogP contribution in [0.3, 0.4) is 0 Å². The highest BCUT2D eigenvalue weighted by atomic mass is 35.5. The highest BCUT2D eigenvalue weighted by Gasteiger charge is 2.32. The molecule has 1 aromatic heterocycles. The van der Waals surface area contributed by atoms with Crippen LogP contribution in [0.1, 0.15) is 29.6 Å². The lowest BCUT2D eigenvalue weighted by molar-refractivity contribution is -0.127. The van der Waals surface area contributed by atoms with Gasteiger partial charge in [-0.15, -0.1) is 0 Å². The Balaban J connectivity index is 1.60. The van der Waals surface area contributed by atoms with E-state index in [1.165, 1.54) is 23.0 Å². The highest BCUT2D eigenvalue weighted by Crippen LogP contribution is 2.33. The summed E-state index contributed by atoms with van der Waals surface area (Å²) in [6.45, 7) is 0.432. The Morgan fingerprint density at radius 1 is 1.07 bits per heavy atom. The summed E-state index contributed by atoms with van der Waals surface area (Å²) >= 11 is 7.33. The maximum absolute atomic E-state index is 13.2. The number of thioether (sulfide) groups is 1. The molecule has 5 nitrogen and oxygen atoms in total. The summed E-state index contributed by atoms with van der Waals surface area (Å²) in [7, 11) is 0. The van der Waals surface area contributed by atoms with Gasteiger partial charge in [0.05, 0.1) is 10.8 Å². The van der Waals surface area contributed by atoms with Gasteiger partial charge in [0.1, 0.15) is 11.4 Å². The Hall–Kier alpha value is -2.44. The minimum Gasteiger partial charge on any atom is -0.278 e. The van der Waals surface area contributed by atoms with Crippen LogP contribution in [0.15, 0.2) is 59.9 Å². The summed E-state index contributed by atoms with van der Waals surface area (Å²) in [4.78, 5) is 36.1. The molecule has 0 saturated carbocycles. The van der Waals surface area contributed by atoms with Gasteiger partial charge in [0, 0.05) is 22.5 Å². The fraction of sp³-hybridized carbons (Fsp3) is 0.238. The molecule has 0 radical (unpaired) electrons. The van der Waals surface area contributed by atoms with Crippen LogP contribution in [0.25, 0.3) is 10.9 Å². The molecule has 0 N–H and O–H groups in total. The average molecular weight is 412 g/mol. The van der Waals surface area contributed by atoms with E-state index in [0.29, 0.717) is 23.6 Å². The number of benzene rings is 2. The molecule has 7 heteroatoms. The molecule has 1 atom stereocenters. The van der Waals surface area contributed by atoms with Crippen molar-refractivity contribution in [1.29, 1.82) is 0 Å². The standard InChI is InChI=1S/C21H18ClN3O2S/c22-15-10-8-14(9-11-15)20(26)25-12-4-3-7-18(21(25)27)28-19-16-5-1-2-6-17(16)23-13-24-19/h1-2,5-6,8-11,13,18H,3-4,7,12H2/t18-/m1/s1. The first-order valence-electron chi connectivity index (χ1n) is 9.11. The fourth-order valence-corrected chi connectivity index (χ4v) is 4.59. The lowest BCUT2D eigenvalue weighted by Gasteiger charge is -2.22. The van der Waals surface area contributed by atoms with Gasteiger partial charge in [0.25, 0.3) is 5.91 Å². The van der Waals surface area contributed by atoms with E-state index in [1.807, 2.05) is 24.3 Å². The van der Waals surface area contributed by atoms with Gasteiger partial charge in [-0.3, -0.25) is 14.5 Å². The number of likely N-dealkylation sites (tertiary alicyclic amines) is 1. The lowest BCUT2D eigenvalue weighted by Crippen LogP contribution is -2.41. The van der Waals surface area contributed by atoms with Crippen molar-refractivity contribution in [3.05, 3.63) is 65.4 Å². The largest absolute Gasteiger partial charge is 0.278 e. The minimum atomic E-state index is -0.350. The third-order valence-corrected chi connectivity index (χ3v) is 6.26. The van der Waals surface area contributed by atoms with Crippen molar-refractivity contribution in [3.8, 4) is 0 Å². The molecule has 0 unspecified atom stereocenters. The van der Waals surface area contributed by atoms with Gasteiger partial charge in [0.15, 0.2) is 0 Å². The van der Waals surface area contributed by atoms with Crippen LogP contribution < -0.4 is 0 Å². The maximum atomic E-state index is 13.2. The Kier molecular flexibility index (Phi) is 5.59. The zero-order valence-electron chi connectivity index (χ0n) is 15.0. The van der Waals surface area contributed by atoms with E-state index in [4.69, 9.17) is 11.6 Å². The zero-order valence-corrected chi connectivity index (χ0v) is 16.6. The molecule has 1 fully saturated rings. The van der Waals surface area contributed by atoms with Crippen molar-refractivity contribution < 1.29 is 9.59 Å². The van der Waals surface area contributed by atoms with Crippen molar-refractivity contribution in [2.75, 3.05) is 6.54 Å². The highest BCUT2D eigenvalue weighted by molar-refractivity contribution is 8.00. The van der Waals surface area contributed by atoms with E-state index in [0.717, 1.165) is 28.8 Å². The fourth-order valence-electron chi connectivity index (χ4n) is 3.28. The number of amides is 2.